The molecular formula is C19H10Cl2O3S2. The lowest BCUT2D eigenvalue weighted by Gasteiger charge is -2.28. The summed E-state index contributed by atoms with van der Waals surface area (Å²) in [6.07, 6.45) is 0.0626. The van der Waals surface area contributed by atoms with E-state index in [0.29, 0.717) is 15.1 Å². The predicted molar refractivity (Wildman–Crippen MR) is 107 cm³/mol. The molecule has 1 aromatic heterocycles. The molecule has 1 atom stereocenters. The van der Waals surface area contributed by atoms with E-state index < -0.39 is 20.5 Å². The average Bonchev–Trinajstić information content (AvgIpc) is 2.62. The molecule has 0 bridgehead atoms. The largest absolute Gasteiger partial charge is 0.291 e. The van der Waals surface area contributed by atoms with E-state index >= 15 is 0 Å². The van der Waals surface area contributed by atoms with E-state index in [1.54, 1.807) is 18.2 Å². The summed E-state index contributed by atoms with van der Waals surface area (Å²) in [5.41, 5.74) is 0.744. The van der Waals surface area contributed by atoms with Gasteiger partial charge in [-0.2, -0.15) is 0 Å². The van der Waals surface area contributed by atoms with Crippen molar-refractivity contribution in [2.45, 2.75) is 16.2 Å². The summed E-state index contributed by atoms with van der Waals surface area (Å²) >= 11 is 14.4. The minimum Gasteiger partial charge on any atom is -0.291 e. The van der Waals surface area contributed by atoms with Crippen LogP contribution in [0.25, 0.3) is 10.1 Å². The number of hydrogen-bond acceptors (Lipinski definition) is 5. The summed E-state index contributed by atoms with van der Waals surface area (Å²) in [5, 5.41) is 0.709. The Balaban J connectivity index is 1.82. The Hall–Kier alpha value is -1.66. The van der Waals surface area contributed by atoms with Crippen molar-refractivity contribution in [3.8, 4) is 0 Å². The van der Waals surface area contributed by atoms with E-state index in [-0.39, 0.29) is 12.0 Å². The topological polar surface area (TPSA) is 51.2 Å². The van der Waals surface area contributed by atoms with Gasteiger partial charge in [0.1, 0.15) is 0 Å². The van der Waals surface area contributed by atoms with Crippen LogP contribution < -0.4 is 4.74 Å². The predicted octanol–water partition coefficient (Wildman–Crippen LogP) is 4.95. The van der Waals surface area contributed by atoms with Crippen LogP contribution in [0.1, 0.15) is 15.9 Å². The Labute approximate surface area is 166 Å². The van der Waals surface area contributed by atoms with Crippen molar-refractivity contribution in [1.29, 1.82) is 0 Å². The number of thioether (sulfide) groups is 1. The number of hydrogen-bond donors (Lipinski definition) is 0. The zero-order chi connectivity index (χ0) is 18.5. The van der Waals surface area contributed by atoms with Gasteiger partial charge < -0.3 is 0 Å². The van der Waals surface area contributed by atoms with Crippen molar-refractivity contribution < 1.29 is 9.59 Å². The zero-order valence-corrected chi connectivity index (χ0v) is 16.3. The fourth-order valence-electron chi connectivity index (χ4n) is 2.90. The van der Waals surface area contributed by atoms with Gasteiger partial charge in [-0.25, -0.2) is 0 Å². The first-order valence-electron chi connectivity index (χ1n) is 7.66. The molecule has 3 nitrogen and oxygen atoms in total. The Morgan fingerprint density at radius 2 is 1.85 bits per heavy atom. The van der Waals surface area contributed by atoms with Gasteiger partial charge in [-0.05, 0) is 53.0 Å². The molecule has 2 aromatic carbocycles. The first kappa shape index (κ1) is 17.7. The number of halogens is 2. The molecular weight excluding hydrogens is 411 g/mol. The number of Topliss-reactive ketones (excluding diaryl/α,β-unsaturated/α-hetero) is 1. The van der Waals surface area contributed by atoms with Gasteiger partial charge in [-0.3, -0.25) is 14.4 Å². The minimum atomic E-state index is -1.78. The molecule has 0 fully saturated rings. The molecule has 0 spiro atoms. The second-order valence-corrected chi connectivity index (χ2v) is 9.05. The SMILES string of the molecule is O=C1Sc2ccccc2CC1(Cl)C(=O)c1cc2cc(Cl)ccc2sc1=O. The summed E-state index contributed by atoms with van der Waals surface area (Å²) in [5.74, 6) is -0.658. The molecule has 0 aliphatic carbocycles. The van der Waals surface area contributed by atoms with Crippen LogP contribution in [-0.2, 0) is 11.2 Å². The van der Waals surface area contributed by atoms with E-state index in [9.17, 15) is 14.4 Å². The van der Waals surface area contributed by atoms with Crippen LogP contribution >= 0.6 is 46.3 Å². The second-order valence-electron chi connectivity index (χ2n) is 5.93. The third-order valence-electron chi connectivity index (χ3n) is 4.23. The van der Waals surface area contributed by atoms with E-state index in [4.69, 9.17) is 23.2 Å². The highest BCUT2D eigenvalue weighted by molar-refractivity contribution is 8.14. The summed E-state index contributed by atoms with van der Waals surface area (Å²) in [6.45, 7) is 0. The summed E-state index contributed by atoms with van der Waals surface area (Å²) in [7, 11) is 0. The molecule has 130 valence electrons. The molecule has 4 rings (SSSR count). The minimum absolute atomic E-state index is 0.0626. The number of rotatable bonds is 2. The fraction of sp³-hybridized carbons (Fsp3) is 0.105. The monoisotopic (exact) mass is 420 g/mol. The number of alkyl halides is 1. The van der Waals surface area contributed by atoms with Gasteiger partial charge in [0.2, 0.25) is 9.86 Å². The maximum Gasteiger partial charge on any atom is 0.243 e. The van der Waals surface area contributed by atoms with Crippen LogP contribution in [-0.4, -0.2) is 15.8 Å². The molecule has 1 aliphatic heterocycles. The normalized spacial score (nSPS) is 19.4. The molecule has 2 heterocycles. The second kappa shape index (κ2) is 6.50. The average molecular weight is 421 g/mol. The lowest BCUT2D eigenvalue weighted by atomic mass is 9.91. The molecule has 1 aliphatic rings. The first-order chi connectivity index (χ1) is 12.4. The summed E-state index contributed by atoms with van der Waals surface area (Å²) in [4.78, 5) is 37.2. The highest BCUT2D eigenvalue weighted by Gasteiger charge is 2.48. The molecule has 3 aromatic rings. The molecule has 0 N–H and O–H groups in total. The third kappa shape index (κ3) is 2.89. The van der Waals surface area contributed by atoms with Crippen LogP contribution in [0.4, 0.5) is 0 Å². The van der Waals surface area contributed by atoms with Gasteiger partial charge in [-0.15, -0.1) is 11.6 Å². The zero-order valence-electron chi connectivity index (χ0n) is 13.1. The van der Waals surface area contributed by atoms with E-state index in [0.717, 1.165) is 33.6 Å². The van der Waals surface area contributed by atoms with Gasteiger partial charge in [0.15, 0.2) is 10.7 Å². The third-order valence-corrected chi connectivity index (χ3v) is 7.20. The summed E-state index contributed by atoms with van der Waals surface area (Å²) in [6, 6.07) is 13.9. The highest BCUT2D eigenvalue weighted by atomic mass is 35.5. The van der Waals surface area contributed by atoms with Gasteiger partial charge in [0.25, 0.3) is 0 Å². The molecule has 0 saturated carbocycles. The lowest BCUT2D eigenvalue weighted by molar-refractivity contribution is -0.112. The number of carbonyl (C=O) groups excluding carboxylic acids is 2. The maximum absolute atomic E-state index is 13.1. The van der Waals surface area contributed by atoms with Gasteiger partial charge in [0, 0.05) is 21.0 Å². The van der Waals surface area contributed by atoms with Crippen molar-refractivity contribution in [3.63, 3.8) is 0 Å². The molecule has 7 heteroatoms. The maximum atomic E-state index is 13.1. The standard InChI is InChI=1S/C19H10Cl2O3S2/c20-12-5-6-15-11(7-12)8-13(17(23)25-15)16(22)19(21)9-10-3-1-2-4-14(10)26-18(19)24/h1-8H,9H2. The molecule has 26 heavy (non-hydrogen) atoms. The Bertz CT molecular complexity index is 1140. The molecule has 0 saturated heterocycles. The Kier molecular flexibility index (Phi) is 4.43. The van der Waals surface area contributed by atoms with Crippen molar-refractivity contribution >= 4 is 67.3 Å². The van der Waals surface area contributed by atoms with Crippen molar-refractivity contribution in [2.75, 3.05) is 0 Å². The highest BCUT2D eigenvalue weighted by Crippen LogP contribution is 2.41. The Morgan fingerprint density at radius 1 is 1.08 bits per heavy atom. The molecule has 0 radical (unpaired) electrons. The van der Waals surface area contributed by atoms with Gasteiger partial charge >= 0.3 is 0 Å². The van der Waals surface area contributed by atoms with Crippen molar-refractivity contribution in [2.24, 2.45) is 0 Å². The van der Waals surface area contributed by atoms with Crippen LogP contribution in [0.5, 0.6) is 0 Å². The quantitative estimate of drug-likeness (QED) is 0.334. The van der Waals surface area contributed by atoms with E-state index in [2.05, 4.69) is 0 Å². The number of ketones is 1. The lowest BCUT2D eigenvalue weighted by Crippen LogP contribution is -2.45. The number of carbonyl (C=O) groups is 2. The Morgan fingerprint density at radius 3 is 2.65 bits per heavy atom. The summed E-state index contributed by atoms with van der Waals surface area (Å²) < 4.78 is 0.302. The van der Waals surface area contributed by atoms with Crippen LogP contribution in [0.2, 0.25) is 5.02 Å². The van der Waals surface area contributed by atoms with Crippen molar-refractivity contribution in [1.82, 2.24) is 0 Å². The van der Waals surface area contributed by atoms with Crippen LogP contribution in [0.15, 0.2) is 58.2 Å². The van der Waals surface area contributed by atoms with Crippen LogP contribution in [0, 0.1) is 0 Å². The fourth-order valence-corrected chi connectivity index (χ4v) is 5.22. The van der Waals surface area contributed by atoms with E-state index in [1.807, 2.05) is 24.3 Å². The molecule has 0 amide bonds. The van der Waals surface area contributed by atoms with Crippen LogP contribution in [0.3, 0.4) is 0 Å². The number of benzene rings is 2. The van der Waals surface area contributed by atoms with Gasteiger partial charge in [-0.1, -0.05) is 41.1 Å². The van der Waals surface area contributed by atoms with Gasteiger partial charge in [0.05, 0.1) is 5.56 Å². The number of fused-ring (bicyclic) bond motifs is 2. The molecule has 1 unspecified atom stereocenters. The smallest absolute Gasteiger partial charge is 0.243 e. The van der Waals surface area contributed by atoms with Crippen molar-refractivity contribution in [3.05, 3.63) is 74.2 Å². The first-order valence-corrected chi connectivity index (χ1v) is 10.0. The van der Waals surface area contributed by atoms with E-state index in [1.165, 1.54) is 6.07 Å².